The normalized spacial score (nSPS) is 16.3. The summed E-state index contributed by atoms with van der Waals surface area (Å²) in [5.41, 5.74) is 19.0. The third-order valence-electron chi connectivity index (χ3n) is 21.3. The zero-order valence-corrected chi connectivity index (χ0v) is 57.9. The zero-order valence-electron chi connectivity index (χ0n) is 57.9. The highest BCUT2D eigenvalue weighted by molar-refractivity contribution is 5.57. The SMILES string of the molecule is Cc1cc(N)ccc1Oc1ccc(C(C)(C)c2ccc(Oc3ccc(N)cc3C(F)(F)F)c(C3CCCCC3)c2)cc1C1CCCCC1.Cc1cc([N+](=O)[O-])ccc1Oc1ccc(C(C)(C)c2ccc(Oc3ccc([N+](=O)[O-])cc3C(F)(F)F)c(C3CCCCC3)c2)cc1C1CCCCC1. The fraction of sp³-hybridized carbons (Fsp3) is 0.415. The standard InChI is InChI=1S/C41H43F3N2O6.C41H47F3N2O2/c1-26-22-31(45(47)48)16-20-36(26)51-37-18-14-29(23-33(37)27-10-6-4-7-11-27)40(2,3)30-15-19-38(34(24-30)28-12-8-5-9-13-28)52-39-21-17-32(46(49)50)25-35(39)41(42,43)44;1-26-22-31(45)16-20-36(26)47-37-18-14-29(23-33(37)27-10-6-4-7-11-27)40(2,3)30-15-19-38(34(24-30)28-12-8-5-9-13-28)48-39-21-17-32(46)25-35(39)41(42,43)44/h14-25,27-28H,4-13H2,1-3H3;14-25,27-28H,4-13,45-46H2,1-3H3. The van der Waals surface area contributed by atoms with Crippen molar-refractivity contribution in [2.75, 3.05) is 11.5 Å². The number of anilines is 2. The highest BCUT2D eigenvalue weighted by Gasteiger charge is 2.39. The van der Waals surface area contributed by atoms with Gasteiger partial charge in [0.15, 0.2) is 0 Å². The average molecular weight is 1370 g/mol. The van der Waals surface area contributed by atoms with Crippen LogP contribution in [0.3, 0.4) is 0 Å². The number of halogens is 6. The monoisotopic (exact) mass is 1370 g/mol. The first kappa shape index (κ1) is 72.2. The first-order valence-electron chi connectivity index (χ1n) is 35.3. The number of ether oxygens (including phenoxy) is 4. The number of hydrogen-bond donors (Lipinski definition) is 2. The maximum Gasteiger partial charge on any atom is 0.420 e. The third kappa shape index (κ3) is 16.7. The minimum Gasteiger partial charge on any atom is -0.457 e. The van der Waals surface area contributed by atoms with Crippen LogP contribution in [0.5, 0.6) is 46.0 Å². The van der Waals surface area contributed by atoms with Crippen LogP contribution >= 0.6 is 0 Å². The molecule has 0 atom stereocenters. The summed E-state index contributed by atoms with van der Waals surface area (Å²) in [7, 11) is 0. The molecule has 12 nitrogen and oxygen atoms in total. The summed E-state index contributed by atoms with van der Waals surface area (Å²) in [6.07, 6.45) is 12.1. The summed E-state index contributed by atoms with van der Waals surface area (Å²) in [5, 5.41) is 22.6. The van der Waals surface area contributed by atoms with Crippen molar-refractivity contribution in [1.82, 2.24) is 0 Å². The molecule has 0 radical (unpaired) electrons. The van der Waals surface area contributed by atoms with Gasteiger partial charge < -0.3 is 30.4 Å². The van der Waals surface area contributed by atoms with Crippen LogP contribution in [0.1, 0.15) is 247 Å². The average Bonchev–Trinajstić information content (AvgIpc) is 0.785. The van der Waals surface area contributed by atoms with E-state index in [1.54, 1.807) is 19.1 Å². The van der Waals surface area contributed by atoms with Crippen molar-refractivity contribution in [2.24, 2.45) is 0 Å². The number of nitro benzene ring substituents is 2. The van der Waals surface area contributed by atoms with E-state index < -0.39 is 50.2 Å². The lowest BCUT2D eigenvalue weighted by Gasteiger charge is -2.32. The number of nitro groups is 2. The molecule has 4 saturated carbocycles. The van der Waals surface area contributed by atoms with Crippen LogP contribution in [0, 0.1) is 34.1 Å². The molecule has 528 valence electrons. The Morgan fingerprint density at radius 1 is 0.340 bits per heavy atom. The topological polar surface area (TPSA) is 175 Å². The van der Waals surface area contributed by atoms with Gasteiger partial charge in [-0.2, -0.15) is 26.3 Å². The number of alkyl halides is 6. The molecule has 0 aromatic heterocycles. The number of benzene rings is 8. The quantitative estimate of drug-likeness (QED) is 0.0364. The van der Waals surface area contributed by atoms with Gasteiger partial charge in [0.25, 0.3) is 11.4 Å². The Labute approximate surface area is 582 Å². The molecule has 0 bridgehead atoms. The molecule has 18 heteroatoms. The molecule has 0 unspecified atom stereocenters. The molecule has 0 spiro atoms. The van der Waals surface area contributed by atoms with Gasteiger partial charge in [-0.1, -0.05) is 153 Å². The van der Waals surface area contributed by atoms with Crippen LogP contribution in [0.2, 0.25) is 0 Å². The van der Waals surface area contributed by atoms with Gasteiger partial charge in [0.05, 0.1) is 9.85 Å². The van der Waals surface area contributed by atoms with Gasteiger partial charge in [-0.05, 0) is 217 Å². The van der Waals surface area contributed by atoms with Crippen LogP contribution in [-0.4, -0.2) is 9.85 Å². The van der Waals surface area contributed by atoms with Crippen molar-refractivity contribution in [3.63, 3.8) is 0 Å². The van der Waals surface area contributed by atoms with E-state index in [0.717, 1.165) is 171 Å². The minimum absolute atomic E-state index is 0.00648. The Morgan fingerprint density at radius 3 is 0.910 bits per heavy atom. The van der Waals surface area contributed by atoms with Crippen molar-refractivity contribution in [3.05, 3.63) is 233 Å². The molecule has 8 aromatic carbocycles. The summed E-state index contributed by atoms with van der Waals surface area (Å²) < 4.78 is 110. The summed E-state index contributed by atoms with van der Waals surface area (Å²) in [5.74, 6) is 4.05. The maximum absolute atomic E-state index is 14.1. The molecule has 0 amide bonds. The van der Waals surface area contributed by atoms with Gasteiger partial charge in [0.2, 0.25) is 0 Å². The lowest BCUT2D eigenvalue weighted by molar-refractivity contribution is -0.385. The van der Waals surface area contributed by atoms with Crippen LogP contribution in [-0.2, 0) is 23.2 Å². The van der Waals surface area contributed by atoms with Crippen molar-refractivity contribution in [1.29, 1.82) is 0 Å². The van der Waals surface area contributed by atoms with Gasteiger partial charge in [0, 0.05) is 46.5 Å². The van der Waals surface area contributed by atoms with Gasteiger partial charge >= 0.3 is 12.4 Å². The number of nitrogens with zero attached hydrogens (tertiary/aromatic N) is 2. The summed E-state index contributed by atoms with van der Waals surface area (Å²) in [6.45, 7) is 12.5. The number of non-ortho nitro benzene ring substituents is 2. The Kier molecular flexibility index (Phi) is 22.0. The largest absolute Gasteiger partial charge is 0.457 e. The van der Waals surface area contributed by atoms with Crippen LogP contribution in [0.15, 0.2) is 146 Å². The maximum atomic E-state index is 14.1. The molecule has 4 fully saturated rings. The second-order valence-corrected chi connectivity index (χ2v) is 28.9. The summed E-state index contributed by atoms with van der Waals surface area (Å²) >= 11 is 0. The Bertz CT molecular complexity index is 4260. The molecular weight excluding hydrogens is 1280 g/mol. The molecule has 0 saturated heterocycles. The molecule has 4 aliphatic carbocycles. The highest BCUT2D eigenvalue weighted by atomic mass is 19.4. The van der Waals surface area contributed by atoms with Crippen LogP contribution in [0.25, 0.3) is 0 Å². The van der Waals surface area contributed by atoms with E-state index >= 15 is 0 Å². The van der Waals surface area contributed by atoms with Crippen molar-refractivity contribution in [3.8, 4) is 46.0 Å². The van der Waals surface area contributed by atoms with E-state index in [9.17, 15) is 46.6 Å². The van der Waals surface area contributed by atoms with Gasteiger partial charge in [-0.15, -0.1) is 0 Å². The fourth-order valence-corrected chi connectivity index (χ4v) is 15.3. The van der Waals surface area contributed by atoms with Crippen LogP contribution in [0.4, 0.5) is 49.1 Å². The molecule has 100 heavy (non-hydrogen) atoms. The van der Waals surface area contributed by atoms with Gasteiger partial charge in [0.1, 0.15) is 57.1 Å². The highest BCUT2D eigenvalue weighted by Crippen LogP contribution is 2.51. The second-order valence-electron chi connectivity index (χ2n) is 28.9. The second kappa shape index (κ2) is 30.4. The van der Waals surface area contributed by atoms with Gasteiger partial charge in [-0.25, -0.2) is 0 Å². The first-order valence-corrected chi connectivity index (χ1v) is 35.3. The Morgan fingerprint density at radius 2 is 0.600 bits per heavy atom. The lowest BCUT2D eigenvalue weighted by Crippen LogP contribution is -2.21. The third-order valence-corrected chi connectivity index (χ3v) is 21.3. The predicted molar refractivity (Wildman–Crippen MR) is 381 cm³/mol. The van der Waals surface area contributed by atoms with E-state index in [4.69, 9.17) is 30.4 Å². The number of nitrogens with two attached hydrogens (primary N) is 2. The molecule has 4 aliphatic rings. The number of hydrogen-bond acceptors (Lipinski definition) is 10. The number of nitrogen functional groups attached to an aromatic ring is 2. The Balaban J connectivity index is 0.000000202. The number of aryl methyl sites for hydroxylation is 2. The van der Waals surface area contributed by atoms with Crippen LogP contribution < -0.4 is 30.4 Å². The first-order chi connectivity index (χ1) is 47.6. The minimum atomic E-state index is -4.85. The van der Waals surface area contributed by atoms with E-state index in [-0.39, 0.29) is 40.3 Å². The Hall–Kier alpha value is -9.06. The smallest absolute Gasteiger partial charge is 0.420 e. The van der Waals surface area contributed by atoms with Gasteiger partial charge in [-0.3, -0.25) is 20.2 Å². The van der Waals surface area contributed by atoms with E-state index in [1.165, 1.54) is 67.5 Å². The van der Waals surface area contributed by atoms with E-state index in [2.05, 4.69) is 64.1 Å². The fourth-order valence-electron chi connectivity index (χ4n) is 15.3. The molecule has 0 aliphatic heterocycles. The summed E-state index contributed by atoms with van der Waals surface area (Å²) in [4.78, 5) is 21.3. The molecule has 8 aromatic rings. The molecule has 4 N–H and O–H groups in total. The van der Waals surface area contributed by atoms with Crippen molar-refractivity contribution < 1.29 is 55.1 Å². The van der Waals surface area contributed by atoms with E-state index in [0.29, 0.717) is 40.5 Å². The number of rotatable bonds is 18. The molecule has 12 rings (SSSR count). The zero-order chi connectivity index (χ0) is 71.3. The molecule has 0 heterocycles. The van der Waals surface area contributed by atoms with Crippen molar-refractivity contribution >= 4 is 22.7 Å². The molecular formula is C82H90F6N4O8. The predicted octanol–water partition coefficient (Wildman–Crippen LogP) is 25.0. The lowest BCUT2D eigenvalue weighted by atomic mass is 9.74. The summed E-state index contributed by atoms with van der Waals surface area (Å²) in [6, 6.07) is 41.2. The van der Waals surface area contributed by atoms with E-state index in [1.807, 2.05) is 55.5 Å². The van der Waals surface area contributed by atoms with Crippen molar-refractivity contribution in [2.45, 2.75) is 217 Å².